The van der Waals surface area contributed by atoms with Crippen LogP contribution < -0.4 is 0 Å². The molecule has 3 aliphatic rings. The molecular weight excluding hydrogens is 484 g/mol. The molecule has 0 spiro atoms. The van der Waals surface area contributed by atoms with Crippen molar-refractivity contribution in [3.8, 4) is 11.8 Å². The monoisotopic (exact) mass is 530 g/mol. The van der Waals surface area contributed by atoms with Crippen molar-refractivity contribution >= 4 is 17.7 Å². The first-order valence-corrected chi connectivity index (χ1v) is 14.6. The van der Waals surface area contributed by atoms with E-state index >= 15 is 0 Å². The second-order valence-corrected chi connectivity index (χ2v) is 11.1. The number of hydrogen-bond acceptors (Lipinski definition) is 7. The van der Waals surface area contributed by atoms with E-state index in [1.807, 2.05) is 13.0 Å². The number of ether oxygens (including phenoxy) is 4. The minimum atomic E-state index is -0.297. The van der Waals surface area contributed by atoms with Crippen LogP contribution in [0.2, 0.25) is 0 Å². The Balaban J connectivity index is 1.65. The number of methoxy groups -OCH3 is 1. The Morgan fingerprint density at radius 1 is 1.05 bits per heavy atom. The van der Waals surface area contributed by atoms with Crippen molar-refractivity contribution in [3.63, 3.8) is 0 Å². The fourth-order valence-electron chi connectivity index (χ4n) is 5.40. The van der Waals surface area contributed by atoms with Gasteiger partial charge in [-0.1, -0.05) is 38.2 Å². The van der Waals surface area contributed by atoms with E-state index in [4.69, 9.17) is 18.9 Å². The molecule has 1 heterocycles. The van der Waals surface area contributed by atoms with Crippen LogP contribution in [0.3, 0.4) is 0 Å². The highest BCUT2D eigenvalue weighted by Gasteiger charge is 2.45. The normalized spacial score (nSPS) is 27.9. The average molecular weight is 531 g/mol. The zero-order valence-corrected chi connectivity index (χ0v) is 23.5. The molecule has 7 nitrogen and oxygen atoms in total. The van der Waals surface area contributed by atoms with Crippen LogP contribution in [0.5, 0.6) is 0 Å². The Morgan fingerprint density at radius 2 is 1.84 bits per heavy atom. The van der Waals surface area contributed by atoms with Crippen LogP contribution in [0.15, 0.2) is 12.2 Å². The molecule has 0 aromatic heterocycles. The molecule has 1 unspecified atom stereocenters. The van der Waals surface area contributed by atoms with Crippen molar-refractivity contribution in [3.05, 3.63) is 12.2 Å². The third kappa shape index (κ3) is 10.5. The SMILES string of the molecule is COC(=O)CCCCCC[C@@H]1[C@@H](/C=C/C(=O)[C@@H](C)CC#CC2CC2)[C@H](OC2CCCCO2)C[C@@H]1OC(C)=O. The Bertz CT molecular complexity index is 859. The van der Waals surface area contributed by atoms with E-state index < -0.39 is 0 Å². The van der Waals surface area contributed by atoms with Crippen LogP contribution in [-0.4, -0.2) is 49.9 Å². The molecule has 0 aromatic carbocycles. The highest BCUT2D eigenvalue weighted by atomic mass is 16.7. The Morgan fingerprint density at radius 3 is 2.53 bits per heavy atom. The number of rotatable bonds is 14. The van der Waals surface area contributed by atoms with Gasteiger partial charge in [0.1, 0.15) is 6.10 Å². The minimum Gasteiger partial charge on any atom is -0.469 e. The number of ketones is 1. The third-order valence-electron chi connectivity index (χ3n) is 7.80. The molecule has 6 atom stereocenters. The Labute approximate surface area is 228 Å². The summed E-state index contributed by atoms with van der Waals surface area (Å²) >= 11 is 0. The molecule has 7 heteroatoms. The van der Waals surface area contributed by atoms with Gasteiger partial charge in [0.05, 0.1) is 13.2 Å². The van der Waals surface area contributed by atoms with Gasteiger partial charge in [0, 0.05) is 56.5 Å². The fraction of sp³-hybridized carbons (Fsp3) is 0.774. The molecule has 0 N–H and O–H groups in total. The minimum absolute atomic E-state index is 0.0476. The van der Waals surface area contributed by atoms with Gasteiger partial charge in [-0.15, -0.1) is 5.92 Å². The number of esters is 2. The topological polar surface area (TPSA) is 88.1 Å². The molecule has 212 valence electrons. The summed E-state index contributed by atoms with van der Waals surface area (Å²) in [7, 11) is 1.41. The van der Waals surface area contributed by atoms with Gasteiger partial charge in [0.2, 0.25) is 0 Å². The maximum atomic E-state index is 12.9. The van der Waals surface area contributed by atoms with E-state index in [0.29, 0.717) is 31.8 Å². The van der Waals surface area contributed by atoms with Crippen molar-refractivity contribution in [2.75, 3.05) is 13.7 Å². The van der Waals surface area contributed by atoms with Gasteiger partial charge < -0.3 is 18.9 Å². The van der Waals surface area contributed by atoms with Gasteiger partial charge in [-0.2, -0.15) is 0 Å². The molecule has 0 amide bonds. The van der Waals surface area contributed by atoms with E-state index in [2.05, 4.69) is 11.8 Å². The summed E-state index contributed by atoms with van der Waals surface area (Å²) in [6.07, 6.45) is 14.4. The quantitative estimate of drug-likeness (QED) is 0.126. The van der Waals surface area contributed by atoms with Crippen molar-refractivity contribution in [2.45, 2.75) is 116 Å². The lowest BCUT2D eigenvalue weighted by Gasteiger charge is -2.29. The summed E-state index contributed by atoms with van der Waals surface area (Å²) in [6, 6.07) is 0. The summed E-state index contributed by atoms with van der Waals surface area (Å²) < 4.78 is 22.8. The summed E-state index contributed by atoms with van der Waals surface area (Å²) in [5, 5.41) is 0. The number of allylic oxidation sites excluding steroid dienone is 1. The van der Waals surface area contributed by atoms with Gasteiger partial charge in [0.15, 0.2) is 12.1 Å². The Hall–Kier alpha value is -2.17. The van der Waals surface area contributed by atoms with Crippen LogP contribution in [-0.2, 0) is 33.3 Å². The molecule has 0 radical (unpaired) electrons. The zero-order chi connectivity index (χ0) is 27.3. The molecule has 0 aromatic rings. The second kappa shape index (κ2) is 16.1. The average Bonchev–Trinajstić information content (AvgIpc) is 3.67. The number of hydrogen-bond donors (Lipinski definition) is 0. The highest BCUT2D eigenvalue weighted by Crippen LogP contribution is 2.42. The van der Waals surface area contributed by atoms with Crippen LogP contribution >= 0.6 is 0 Å². The summed E-state index contributed by atoms with van der Waals surface area (Å²) in [6.45, 7) is 4.07. The van der Waals surface area contributed by atoms with Crippen molar-refractivity contribution in [1.82, 2.24) is 0 Å². The molecule has 0 bridgehead atoms. The zero-order valence-electron chi connectivity index (χ0n) is 23.5. The maximum Gasteiger partial charge on any atom is 0.305 e. The molecule has 3 rings (SSSR count). The number of unbranched alkanes of at least 4 members (excludes halogenated alkanes) is 3. The van der Waals surface area contributed by atoms with E-state index in [1.54, 1.807) is 6.08 Å². The largest absolute Gasteiger partial charge is 0.469 e. The van der Waals surface area contributed by atoms with Crippen LogP contribution in [0.25, 0.3) is 0 Å². The van der Waals surface area contributed by atoms with Crippen molar-refractivity contribution in [2.24, 2.45) is 23.7 Å². The predicted octanol–water partition coefficient (Wildman–Crippen LogP) is 5.54. The van der Waals surface area contributed by atoms with Gasteiger partial charge in [-0.25, -0.2) is 0 Å². The second-order valence-electron chi connectivity index (χ2n) is 11.1. The van der Waals surface area contributed by atoms with Crippen LogP contribution in [0.4, 0.5) is 0 Å². The highest BCUT2D eigenvalue weighted by molar-refractivity contribution is 5.91. The third-order valence-corrected chi connectivity index (χ3v) is 7.80. The summed E-state index contributed by atoms with van der Waals surface area (Å²) in [4.78, 5) is 36.2. The summed E-state index contributed by atoms with van der Waals surface area (Å²) in [5.41, 5.74) is 0. The molecule has 2 aliphatic carbocycles. The molecule has 3 fully saturated rings. The first-order chi connectivity index (χ1) is 18.4. The van der Waals surface area contributed by atoms with Gasteiger partial charge in [-0.3, -0.25) is 14.4 Å². The summed E-state index contributed by atoms with van der Waals surface area (Å²) in [5.74, 6) is 6.40. The van der Waals surface area contributed by atoms with Gasteiger partial charge in [-0.05, 0) is 51.0 Å². The molecule has 38 heavy (non-hydrogen) atoms. The lowest BCUT2D eigenvalue weighted by molar-refractivity contribution is -0.193. The number of carbonyl (C=O) groups is 3. The standard InChI is InChI=1S/C31H46O7/c1-22(11-10-12-24-16-17-24)27(33)19-18-26-25(13-6-4-5-7-14-30(34)35-3)28(37-23(2)32)21-29(26)38-31-15-8-9-20-36-31/h18-19,22,24-26,28-29,31H,4-9,11,13-17,20-21H2,1-3H3/b19-18+/t22-,25+,26+,28-,29+,31?/m0/s1. The lowest BCUT2D eigenvalue weighted by atomic mass is 9.87. The number of carbonyl (C=O) groups excluding carboxylic acids is 3. The molecule has 1 aliphatic heterocycles. The van der Waals surface area contributed by atoms with E-state index in [9.17, 15) is 14.4 Å². The molecular formula is C31H46O7. The Kier molecular flexibility index (Phi) is 12.8. The fourth-order valence-corrected chi connectivity index (χ4v) is 5.40. The van der Waals surface area contributed by atoms with Gasteiger partial charge >= 0.3 is 11.9 Å². The van der Waals surface area contributed by atoms with E-state index in [-0.39, 0.29) is 54.0 Å². The van der Waals surface area contributed by atoms with Gasteiger partial charge in [0.25, 0.3) is 0 Å². The van der Waals surface area contributed by atoms with Crippen molar-refractivity contribution in [1.29, 1.82) is 0 Å². The van der Waals surface area contributed by atoms with E-state index in [0.717, 1.165) is 51.4 Å². The first-order valence-electron chi connectivity index (χ1n) is 14.6. The maximum absolute atomic E-state index is 12.9. The van der Waals surface area contributed by atoms with Crippen LogP contribution in [0, 0.1) is 35.5 Å². The lowest BCUT2D eigenvalue weighted by Crippen LogP contribution is -2.30. The smallest absolute Gasteiger partial charge is 0.305 e. The molecule has 1 saturated heterocycles. The first kappa shape index (κ1) is 30.4. The molecule has 2 saturated carbocycles. The van der Waals surface area contributed by atoms with E-state index in [1.165, 1.54) is 26.9 Å². The van der Waals surface area contributed by atoms with Crippen molar-refractivity contribution < 1.29 is 33.3 Å². The predicted molar refractivity (Wildman–Crippen MR) is 144 cm³/mol. The van der Waals surface area contributed by atoms with Crippen LogP contribution in [0.1, 0.15) is 97.3 Å².